The molecule has 3 nitrogen and oxygen atoms in total. The number of hydrogen-bond donors (Lipinski definition) is 1. The van der Waals surface area contributed by atoms with Crippen molar-refractivity contribution in [2.75, 3.05) is 0 Å². The van der Waals surface area contributed by atoms with Gasteiger partial charge in [0.05, 0.1) is 12.2 Å². The number of nitrogens with one attached hydrogen (secondary N) is 1. The minimum absolute atomic E-state index is 0.0376. The van der Waals surface area contributed by atoms with Crippen molar-refractivity contribution in [3.05, 3.63) is 0 Å². The molecule has 1 aliphatic heterocycles. The van der Waals surface area contributed by atoms with Crippen LogP contribution in [0.5, 0.6) is 0 Å². The van der Waals surface area contributed by atoms with Gasteiger partial charge < -0.3 is 4.90 Å². The van der Waals surface area contributed by atoms with Gasteiger partial charge in [-0.1, -0.05) is 59.8 Å². The van der Waals surface area contributed by atoms with Crippen LogP contribution >= 0.6 is 0 Å². The molecule has 3 heteroatoms. The molecule has 1 saturated carbocycles. The summed E-state index contributed by atoms with van der Waals surface area (Å²) in [5, 5.41) is 3.64. The van der Waals surface area contributed by atoms with Gasteiger partial charge in [-0.15, -0.1) is 0 Å². The predicted octanol–water partition coefficient (Wildman–Crippen LogP) is 3.54. The first-order chi connectivity index (χ1) is 9.56. The van der Waals surface area contributed by atoms with Gasteiger partial charge in [0.15, 0.2) is 0 Å². The topological polar surface area (TPSA) is 32.3 Å². The van der Waals surface area contributed by atoms with Crippen LogP contribution < -0.4 is 5.32 Å². The lowest BCUT2D eigenvalue weighted by Crippen LogP contribution is -2.47. The third-order valence-electron chi connectivity index (χ3n) is 5.23. The number of amides is 1. The zero-order valence-corrected chi connectivity index (χ0v) is 13.7. The van der Waals surface area contributed by atoms with Crippen LogP contribution in [0.1, 0.15) is 72.6 Å². The van der Waals surface area contributed by atoms with Gasteiger partial charge in [0, 0.05) is 6.04 Å². The second-order valence-corrected chi connectivity index (χ2v) is 7.11. The van der Waals surface area contributed by atoms with Crippen molar-refractivity contribution < 1.29 is 4.79 Å². The summed E-state index contributed by atoms with van der Waals surface area (Å²) in [5.74, 6) is 1.28. The highest BCUT2D eigenvalue weighted by molar-refractivity contribution is 5.85. The van der Waals surface area contributed by atoms with Crippen LogP contribution in [0.3, 0.4) is 0 Å². The van der Waals surface area contributed by atoms with E-state index in [1.54, 1.807) is 0 Å². The summed E-state index contributed by atoms with van der Waals surface area (Å²) in [4.78, 5) is 15.1. The quantitative estimate of drug-likeness (QED) is 0.799. The highest BCUT2D eigenvalue weighted by atomic mass is 16.2. The van der Waals surface area contributed by atoms with Gasteiger partial charge in [0.25, 0.3) is 0 Å². The first kappa shape index (κ1) is 15.8. The van der Waals surface area contributed by atoms with Crippen molar-refractivity contribution in [2.45, 2.75) is 90.9 Å². The molecule has 0 aromatic heterocycles. The van der Waals surface area contributed by atoms with Crippen molar-refractivity contribution in [1.82, 2.24) is 10.2 Å². The average molecular weight is 280 g/mol. The van der Waals surface area contributed by atoms with E-state index in [4.69, 9.17) is 0 Å². The monoisotopic (exact) mass is 280 g/mol. The Labute approximate surface area is 124 Å². The Morgan fingerprint density at radius 3 is 2.25 bits per heavy atom. The Balaban J connectivity index is 2.16. The van der Waals surface area contributed by atoms with Crippen LogP contribution in [0.25, 0.3) is 0 Å². The third kappa shape index (κ3) is 3.19. The van der Waals surface area contributed by atoms with Crippen LogP contribution in [0.2, 0.25) is 0 Å². The van der Waals surface area contributed by atoms with Crippen molar-refractivity contribution in [3.8, 4) is 0 Å². The summed E-state index contributed by atoms with van der Waals surface area (Å²) in [6.45, 7) is 8.84. The summed E-state index contributed by atoms with van der Waals surface area (Å²) < 4.78 is 0. The van der Waals surface area contributed by atoms with E-state index < -0.39 is 0 Å². The molecule has 3 atom stereocenters. The fourth-order valence-electron chi connectivity index (χ4n) is 3.73. The van der Waals surface area contributed by atoms with Crippen LogP contribution in [0.15, 0.2) is 0 Å². The normalized spacial score (nSPS) is 30.9. The van der Waals surface area contributed by atoms with Gasteiger partial charge in [0.1, 0.15) is 0 Å². The van der Waals surface area contributed by atoms with E-state index >= 15 is 0 Å². The van der Waals surface area contributed by atoms with E-state index in [9.17, 15) is 4.79 Å². The maximum absolute atomic E-state index is 12.9. The van der Waals surface area contributed by atoms with Gasteiger partial charge in [-0.25, -0.2) is 0 Å². The zero-order valence-electron chi connectivity index (χ0n) is 13.7. The SMILES string of the molecule is CCC(C)C1NC(C(C)C)N(C2CCCCCC2)C1=O. The third-order valence-corrected chi connectivity index (χ3v) is 5.23. The summed E-state index contributed by atoms with van der Waals surface area (Å²) in [6, 6.07) is 0.509. The van der Waals surface area contributed by atoms with E-state index in [-0.39, 0.29) is 12.2 Å². The molecule has 0 aromatic carbocycles. The van der Waals surface area contributed by atoms with Crippen LogP contribution in [0.4, 0.5) is 0 Å². The molecule has 0 spiro atoms. The Morgan fingerprint density at radius 2 is 1.75 bits per heavy atom. The molecule has 0 aromatic rings. The molecular weight excluding hydrogens is 248 g/mol. The molecule has 2 aliphatic rings. The lowest BCUT2D eigenvalue weighted by atomic mass is 9.98. The fraction of sp³-hybridized carbons (Fsp3) is 0.941. The number of rotatable bonds is 4. The highest BCUT2D eigenvalue weighted by Crippen LogP contribution is 2.30. The van der Waals surface area contributed by atoms with Crippen molar-refractivity contribution in [1.29, 1.82) is 0 Å². The Hall–Kier alpha value is -0.570. The van der Waals surface area contributed by atoms with Gasteiger partial charge >= 0.3 is 0 Å². The molecular formula is C17H32N2O. The molecule has 2 fully saturated rings. The second kappa shape index (κ2) is 6.93. The minimum Gasteiger partial charge on any atom is -0.323 e. The summed E-state index contributed by atoms with van der Waals surface area (Å²) in [6.07, 6.45) is 8.95. The summed E-state index contributed by atoms with van der Waals surface area (Å²) >= 11 is 0. The van der Waals surface area contributed by atoms with E-state index in [2.05, 4.69) is 37.9 Å². The maximum Gasteiger partial charge on any atom is 0.241 e. The maximum atomic E-state index is 12.9. The standard InChI is InChI=1S/C17H32N2O/c1-5-13(4)15-17(20)19(16(18-15)12(2)3)14-10-8-6-7-9-11-14/h12-16,18H,5-11H2,1-4H3. The molecule has 1 amide bonds. The average Bonchev–Trinajstić information content (AvgIpc) is 2.62. The molecule has 0 bridgehead atoms. The lowest BCUT2D eigenvalue weighted by molar-refractivity contribution is -0.134. The molecule has 3 unspecified atom stereocenters. The Kier molecular flexibility index (Phi) is 5.48. The van der Waals surface area contributed by atoms with E-state index in [1.165, 1.54) is 38.5 Å². The predicted molar refractivity (Wildman–Crippen MR) is 83.3 cm³/mol. The van der Waals surface area contributed by atoms with Gasteiger partial charge in [0.2, 0.25) is 5.91 Å². The van der Waals surface area contributed by atoms with E-state index in [1.807, 2.05) is 0 Å². The van der Waals surface area contributed by atoms with Crippen LogP contribution in [-0.2, 0) is 4.79 Å². The Morgan fingerprint density at radius 1 is 1.15 bits per heavy atom. The molecule has 2 rings (SSSR count). The number of carbonyl (C=O) groups excluding carboxylic acids is 1. The lowest BCUT2D eigenvalue weighted by Gasteiger charge is -2.34. The molecule has 1 aliphatic carbocycles. The second-order valence-electron chi connectivity index (χ2n) is 7.11. The molecule has 0 radical (unpaired) electrons. The number of hydrogen-bond acceptors (Lipinski definition) is 2. The fourth-order valence-corrected chi connectivity index (χ4v) is 3.73. The molecule has 1 heterocycles. The molecule has 20 heavy (non-hydrogen) atoms. The van der Waals surface area contributed by atoms with Crippen molar-refractivity contribution >= 4 is 5.91 Å². The van der Waals surface area contributed by atoms with Crippen LogP contribution in [0, 0.1) is 11.8 Å². The van der Waals surface area contributed by atoms with Crippen molar-refractivity contribution in [3.63, 3.8) is 0 Å². The van der Waals surface area contributed by atoms with Gasteiger partial charge in [-0.2, -0.15) is 0 Å². The summed E-state index contributed by atoms with van der Waals surface area (Å²) in [5.41, 5.74) is 0. The minimum atomic E-state index is 0.0376. The number of nitrogens with zero attached hydrogens (tertiary/aromatic N) is 1. The summed E-state index contributed by atoms with van der Waals surface area (Å²) in [7, 11) is 0. The first-order valence-corrected chi connectivity index (χ1v) is 8.64. The smallest absolute Gasteiger partial charge is 0.241 e. The van der Waals surface area contributed by atoms with Crippen LogP contribution in [-0.4, -0.2) is 29.1 Å². The van der Waals surface area contributed by atoms with Gasteiger partial charge in [-0.3, -0.25) is 10.1 Å². The van der Waals surface area contributed by atoms with E-state index in [0.717, 1.165) is 6.42 Å². The van der Waals surface area contributed by atoms with E-state index in [0.29, 0.717) is 23.8 Å². The molecule has 1 N–H and O–H groups in total. The largest absolute Gasteiger partial charge is 0.323 e. The van der Waals surface area contributed by atoms with Gasteiger partial charge in [-0.05, 0) is 24.7 Å². The highest BCUT2D eigenvalue weighted by Gasteiger charge is 2.44. The molecule has 1 saturated heterocycles. The number of carbonyl (C=O) groups is 1. The Bertz CT molecular complexity index is 321. The van der Waals surface area contributed by atoms with Crippen molar-refractivity contribution in [2.24, 2.45) is 11.8 Å². The molecule has 116 valence electrons. The zero-order chi connectivity index (χ0) is 14.7. The first-order valence-electron chi connectivity index (χ1n) is 8.64.